The molecule has 1 aliphatic heterocycles. The zero-order valence-corrected chi connectivity index (χ0v) is 17.4. The molecule has 2 aromatic rings. The molecule has 6 heteroatoms. The van der Waals surface area contributed by atoms with Crippen LogP contribution in [-0.2, 0) is 31.6 Å². The molecule has 2 aromatic carbocycles. The van der Waals surface area contributed by atoms with Crippen molar-refractivity contribution in [3.63, 3.8) is 0 Å². The molecule has 1 aliphatic rings. The summed E-state index contributed by atoms with van der Waals surface area (Å²) in [6.07, 6.45) is 1.12. The van der Waals surface area contributed by atoms with Gasteiger partial charge in [-0.1, -0.05) is 63.2 Å². The first-order chi connectivity index (χ1) is 13.2. The maximum absolute atomic E-state index is 13.1. The van der Waals surface area contributed by atoms with Crippen molar-refractivity contribution in [2.45, 2.75) is 56.6 Å². The highest BCUT2D eigenvalue weighted by Crippen LogP contribution is 2.29. The number of ether oxygens (including phenoxy) is 1. The van der Waals surface area contributed by atoms with Crippen LogP contribution in [0.25, 0.3) is 0 Å². The number of sulfonamides is 1. The molecule has 1 unspecified atom stereocenters. The molecule has 0 aliphatic carbocycles. The van der Waals surface area contributed by atoms with E-state index in [1.807, 2.05) is 42.5 Å². The van der Waals surface area contributed by atoms with E-state index in [1.165, 1.54) is 4.31 Å². The zero-order valence-electron chi connectivity index (χ0n) is 16.6. The van der Waals surface area contributed by atoms with Gasteiger partial charge in [0.2, 0.25) is 10.0 Å². The standard InChI is InChI=1S/C22H27NO4S/c1-22(2,3)18-11-13-19(14-12-18)28(25,26)23-15-7-10-20(23)21(24)27-16-17-8-5-4-6-9-17/h4-6,8-9,11-14,20H,7,10,15-16H2,1-3H3. The lowest BCUT2D eigenvalue weighted by Crippen LogP contribution is -2.41. The molecule has 0 aromatic heterocycles. The van der Waals surface area contributed by atoms with Crippen LogP contribution in [0.1, 0.15) is 44.7 Å². The van der Waals surface area contributed by atoms with Gasteiger partial charge in [0.15, 0.2) is 0 Å². The van der Waals surface area contributed by atoms with E-state index in [0.29, 0.717) is 19.4 Å². The summed E-state index contributed by atoms with van der Waals surface area (Å²) in [5, 5.41) is 0. The molecule has 1 saturated heterocycles. The molecular weight excluding hydrogens is 374 g/mol. The van der Waals surface area contributed by atoms with Crippen LogP contribution >= 0.6 is 0 Å². The maximum Gasteiger partial charge on any atom is 0.324 e. The first kappa shape index (κ1) is 20.6. The summed E-state index contributed by atoms with van der Waals surface area (Å²) in [5.41, 5.74) is 1.88. The lowest BCUT2D eigenvalue weighted by molar-refractivity contribution is -0.148. The molecule has 150 valence electrons. The summed E-state index contributed by atoms with van der Waals surface area (Å²) in [5.74, 6) is -0.490. The Morgan fingerprint density at radius 1 is 1.07 bits per heavy atom. The van der Waals surface area contributed by atoms with Crippen molar-refractivity contribution >= 4 is 16.0 Å². The predicted octanol–water partition coefficient (Wildman–Crippen LogP) is 3.88. The summed E-state index contributed by atoms with van der Waals surface area (Å²) >= 11 is 0. The van der Waals surface area contributed by atoms with Gasteiger partial charge in [0.25, 0.3) is 0 Å². The minimum absolute atomic E-state index is 0.0558. The van der Waals surface area contributed by atoms with E-state index in [4.69, 9.17) is 4.74 Å². The van der Waals surface area contributed by atoms with Gasteiger partial charge in [-0.15, -0.1) is 0 Å². The number of rotatable bonds is 5. The summed E-state index contributed by atoms with van der Waals surface area (Å²) in [4.78, 5) is 12.8. The molecule has 0 amide bonds. The third-order valence-corrected chi connectivity index (χ3v) is 6.95. The molecular formula is C22H27NO4S. The highest BCUT2D eigenvalue weighted by atomic mass is 32.2. The largest absolute Gasteiger partial charge is 0.460 e. The first-order valence-corrected chi connectivity index (χ1v) is 11.0. The molecule has 0 N–H and O–H groups in total. The van der Waals surface area contributed by atoms with Gasteiger partial charge in [-0.2, -0.15) is 4.31 Å². The Kier molecular flexibility index (Phi) is 5.91. The van der Waals surface area contributed by atoms with Gasteiger partial charge in [-0.05, 0) is 41.5 Å². The van der Waals surface area contributed by atoms with Crippen LogP contribution in [0.2, 0.25) is 0 Å². The van der Waals surface area contributed by atoms with Gasteiger partial charge in [0.05, 0.1) is 4.90 Å². The Morgan fingerprint density at radius 2 is 1.71 bits per heavy atom. The lowest BCUT2D eigenvalue weighted by atomic mass is 9.87. The van der Waals surface area contributed by atoms with Crippen LogP contribution in [0.3, 0.4) is 0 Å². The Labute approximate surface area is 167 Å². The molecule has 0 radical (unpaired) electrons. The Morgan fingerprint density at radius 3 is 2.32 bits per heavy atom. The van der Waals surface area contributed by atoms with Crippen LogP contribution in [0.4, 0.5) is 0 Å². The monoisotopic (exact) mass is 401 g/mol. The van der Waals surface area contributed by atoms with E-state index in [-0.39, 0.29) is 16.9 Å². The van der Waals surface area contributed by atoms with Crippen molar-refractivity contribution in [2.24, 2.45) is 0 Å². The van der Waals surface area contributed by atoms with Crippen molar-refractivity contribution in [1.29, 1.82) is 0 Å². The first-order valence-electron chi connectivity index (χ1n) is 9.52. The third-order valence-electron chi connectivity index (χ3n) is 5.03. The average molecular weight is 402 g/mol. The third kappa shape index (κ3) is 4.45. The highest BCUT2D eigenvalue weighted by Gasteiger charge is 2.40. The summed E-state index contributed by atoms with van der Waals surface area (Å²) in [7, 11) is -3.75. The lowest BCUT2D eigenvalue weighted by Gasteiger charge is -2.24. The van der Waals surface area contributed by atoms with Gasteiger partial charge < -0.3 is 4.74 Å². The second-order valence-corrected chi connectivity index (χ2v) is 10.0. The van der Waals surface area contributed by atoms with E-state index in [2.05, 4.69) is 20.8 Å². The molecule has 1 atom stereocenters. The Balaban J connectivity index is 1.74. The van der Waals surface area contributed by atoms with E-state index >= 15 is 0 Å². The minimum Gasteiger partial charge on any atom is -0.460 e. The zero-order chi connectivity index (χ0) is 20.4. The Bertz CT molecular complexity index is 915. The summed E-state index contributed by atoms with van der Waals surface area (Å²) in [6, 6.07) is 15.5. The van der Waals surface area contributed by atoms with Gasteiger partial charge >= 0.3 is 5.97 Å². The number of hydrogen-bond donors (Lipinski definition) is 0. The highest BCUT2D eigenvalue weighted by molar-refractivity contribution is 7.89. The molecule has 28 heavy (non-hydrogen) atoms. The van der Waals surface area contributed by atoms with Crippen molar-refractivity contribution in [3.8, 4) is 0 Å². The average Bonchev–Trinajstić information content (AvgIpc) is 3.17. The molecule has 1 fully saturated rings. The van der Waals surface area contributed by atoms with Crippen LogP contribution < -0.4 is 0 Å². The molecule has 0 spiro atoms. The predicted molar refractivity (Wildman–Crippen MR) is 108 cm³/mol. The molecule has 3 rings (SSSR count). The molecule has 0 bridgehead atoms. The van der Waals surface area contributed by atoms with E-state index in [0.717, 1.165) is 11.1 Å². The SMILES string of the molecule is CC(C)(C)c1ccc(S(=O)(=O)N2CCCC2C(=O)OCc2ccccc2)cc1. The summed E-state index contributed by atoms with van der Waals surface area (Å²) in [6.45, 7) is 6.71. The number of carbonyl (C=O) groups is 1. The van der Waals surface area contributed by atoms with Crippen LogP contribution in [0.15, 0.2) is 59.5 Å². The number of hydrogen-bond acceptors (Lipinski definition) is 4. The second kappa shape index (κ2) is 8.05. The number of esters is 1. The smallest absolute Gasteiger partial charge is 0.324 e. The van der Waals surface area contributed by atoms with E-state index in [1.54, 1.807) is 12.1 Å². The van der Waals surface area contributed by atoms with Crippen molar-refractivity contribution in [3.05, 3.63) is 65.7 Å². The summed E-state index contributed by atoms with van der Waals surface area (Å²) < 4.78 is 32.9. The van der Waals surface area contributed by atoms with Crippen molar-refractivity contribution < 1.29 is 17.9 Å². The minimum atomic E-state index is -3.75. The van der Waals surface area contributed by atoms with Crippen LogP contribution in [-0.4, -0.2) is 31.3 Å². The van der Waals surface area contributed by atoms with Crippen LogP contribution in [0.5, 0.6) is 0 Å². The number of nitrogens with zero attached hydrogens (tertiary/aromatic N) is 1. The number of carbonyl (C=O) groups excluding carboxylic acids is 1. The maximum atomic E-state index is 13.1. The van der Waals surface area contributed by atoms with Gasteiger partial charge in [0.1, 0.15) is 12.6 Å². The fourth-order valence-corrected chi connectivity index (χ4v) is 5.00. The molecule has 5 nitrogen and oxygen atoms in total. The molecule has 1 heterocycles. The Hall–Kier alpha value is -2.18. The fourth-order valence-electron chi connectivity index (χ4n) is 3.35. The van der Waals surface area contributed by atoms with E-state index in [9.17, 15) is 13.2 Å². The quantitative estimate of drug-likeness (QED) is 0.713. The topological polar surface area (TPSA) is 63.7 Å². The van der Waals surface area contributed by atoms with Crippen molar-refractivity contribution in [1.82, 2.24) is 4.31 Å². The van der Waals surface area contributed by atoms with E-state index < -0.39 is 22.0 Å². The fraction of sp³-hybridized carbons (Fsp3) is 0.409. The van der Waals surface area contributed by atoms with Gasteiger partial charge in [0, 0.05) is 6.54 Å². The van der Waals surface area contributed by atoms with Gasteiger partial charge in [-0.3, -0.25) is 4.79 Å². The number of benzene rings is 2. The molecule has 0 saturated carbocycles. The van der Waals surface area contributed by atoms with Crippen molar-refractivity contribution in [2.75, 3.05) is 6.54 Å². The van der Waals surface area contributed by atoms with Gasteiger partial charge in [-0.25, -0.2) is 8.42 Å². The second-order valence-electron chi connectivity index (χ2n) is 8.14. The normalized spacial score (nSPS) is 18.2. The van der Waals surface area contributed by atoms with Crippen LogP contribution in [0, 0.1) is 0 Å².